The molecule has 0 N–H and O–H groups in total. The highest BCUT2D eigenvalue weighted by Gasteiger charge is 2.68. The number of Topliss-reactive ketones (excluding diaryl/α,β-unsaturated/α-hetero) is 1. The van der Waals surface area contributed by atoms with Crippen molar-refractivity contribution in [1.82, 2.24) is 0 Å². The smallest absolute Gasteiger partial charge is 0.168 e. The Labute approximate surface area is 186 Å². The lowest BCUT2D eigenvalue weighted by Crippen LogP contribution is -2.41. The first kappa shape index (κ1) is 23.4. The van der Waals surface area contributed by atoms with Crippen molar-refractivity contribution >= 4 is 29.0 Å². The van der Waals surface area contributed by atoms with Gasteiger partial charge in [-0.3, -0.25) is 4.79 Å². The van der Waals surface area contributed by atoms with E-state index in [1.807, 2.05) is 0 Å². The van der Waals surface area contributed by atoms with Crippen LogP contribution in [0.2, 0.25) is 0 Å². The third-order valence-electron chi connectivity index (χ3n) is 7.25. The Balaban J connectivity index is 1.27. The zero-order chi connectivity index (χ0) is 20.9. The molecule has 0 aromatic heterocycles. The third-order valence-corrected chi connectivity index (χ3v) is 8.37. The maximum atomic E-state index is 12.7. The summed E-state index contributed by atoms with van der Waals surface area (Å²) in [7, 11) is 0. The normalized spacial score (nSPS) is 30.6. The van der Waals surface area contributed by atoms with Gasteiger partial charge in [0, 0.05) is 30.1 Å². The Morgan fingerprint density at radius 3 is 2.31 bits per heavy atom. The lowest BCUT2D eigenvalue weighted by atomic mass is 9.78. The number of carbonyl (C=O) groups excluding carboxylic acids is 1. The number of unbranched alkanes of at least 4 members (excludes halogenated alkanes) is 7. The monoisotopic (exact) mass is 439 g/mol. The molecule has 4 bridgehead atoms. The lowest BCUT2D eigenvalue weighted by Gasteiger charge is -2.39. The minimum absolute atomic E-state index is 0.0283. The average molecular weight is 440 g/mol. The molecule has 4 aliphatic rings. The molecule has 4 fully saturated rings. The number of rotatable bonds is 14. The van der Waals surface area contributed by atoms with Crippen molar-refractivity contribution in [3.63, 3.8) is 0 Å². The fourth-order valence-electron chi connectivity index (χ4n) is 5.56. The molecule has 29 heavy (non-hydrogen) atoms. The zero-order valence-electron chi connectivity index (χ0n) is 17.5. The number of hydrogen-bond acceptors (Lipinski definition) is 3. The highest BCUT2D eigenvalue weighted by atomic mass is 35.5. The molecule has 162 valence electrons. The number of ketones is 1. The number of nitriles is 1. The number of hydrogen-bond donors (Lipinski definition) is 0. The van der Waals surface area contributed by atoms with Crippen molar-refractivity contribution < 1.29 is 9.53 Å². The van der Waals surface area contributed by atoms with Gasteiger partial charge in [0.2, 0.25) is 0 Å². The van der Waals surface area contributed by atoms with Gasteiger partial charge in [0.1, 0.15) is 4.33 Å². The molecule has 5 atom stereocenters. The molecule has 0 spiro atoms. The van der Waals surface area contributed by atoms with E-state index in [9.17, 15) is 10.1 Å². The first-order chi connectivity index (χ1) is 14.0. The fraction of sp³-hybridized carbons (Fsp3) is 0.833. The molecule has 2 heterocycles. The van der Waals surface area contributed by atoms with Gasteiger partial charge < -0.3 is 4.74 Å². The van der Waals surface area contributed by atoms with Gasteiger partial charge in [-0.1, -0.05) is 58.3 Å². The zero-order valence-corrected chi connectivity index (χ0v) is 19.0. The van der Waals surface area contributed by atoms with Crippen molar-refractivity contribution in [2.45, 2.75) is 100 Å². The highest BCUT2D eigenvalue weighted by Crippen LogP contribution is 2.67. The Kier molecular flexibility index (Phi) is 8.73. The molecular formula is C24H35Cl2NO2. The maximum Gasteiger partial charge on any atom is 0.168 e. The molecule has 2 saturated carbocycles. The van der Waals surface area contributed by atoms with Crippen LogP contribution in [0.15, 0.2) is 0 Å². The van der Waals surface area contributed by atoms with Crippen molar-refractivity contribution in [3.8, 4) is 6.07 Å². The Hall–Kier alpha value is -0.300. The van der Waals surface area contributed by atoms with E-state index in [0.29, 0.717) is 12.5 Å². The second-order valence-electron chi connectivity index (χ2n) is 9.24. The number of ether oxygens (including phenoxy) is 1. The molecule has 2 aliphatic heterocycles. The first-order valence-electron chi connectivity index (χ1n) is 11.6. The van der Waals surface area contributed by atoms with E-state index in [0.717, 1.165) is 51.4 Å². The summed E-state index contributed by atoms with van der Waals surface area (Å²) >= 11 is 13.0. The van der Waals surface area contributed by atoms with Crippen LogP contribution in [0.25, 0.3) is 0 Å². The lowest BCUT2D eigenvalue weighted by molar-refractivity contribution is -0.136. The van der Waals surface area contributed by atoms with Gasteiger partial charge in [0.05, 0.1) is 12.2 Å². The van der Waals surface area contributed by atoms with Crippen molar-refractivity contribution in [1.29, 1.82) is 5.26 Å². The van der Waals surface area contributed by atoms with Crippen LogP contribution in [0.3, 0.4) is 0 Å². The number of alkyl halides is 2. The van der Waals surface area contributed by atoms with Gasteiger partial charge in [-0.2, -0.15) is 5.26 Å². The Morgan fingerprint density at radius 1 is 1.07 bits per heavy atom. The van der Waals surface area contributed by atoms with E-state index in [4.69, 9.17) is 27.9 Å². The molecule has 0 aromatic rings. The summed E-state index contributed by atoms with van der Waals surface area (Å²) in [6.45, 7) is 3.87. The second kappa shape index (κ2) is 10.8. The molecule has 2 saturated heterocycles. The maximum absolute atomic E-state index is 12.7. The molecule has 2 radical (unpaired) electrons. The second-order valence-corrected chi connectivity index (χ2v) is 10.7. The molecule has 5 unspecified atom stereocenters. The van der Waals surface area contributed by atoms with Crippen LogP contribution in [0.1, 0.15) is 89.9 Å². The van der Waals surface area contributed by atoms with Gasteiger partial charge in [0.15, 0.2) is 11.9 Å². The summed E-state index contributed by atoms with van der Waals surface area (Å²) in [5.74, 6) is 0.727. The summed E-state index contributed by atoms with van der Waals surface area (Å²) in [6.07, 6.45) is 15.0. The van der Waals surface area contributed by atoms with E-state index >= 15 is 0 Å². The van der Waals surface area contributed by atoms with Crippen LogP contribution in [-0.4, -0.2) is 16.2 Å². The quantitative estimate of drug-likeness (QED) is 0.216. The summed E-state index contributed by atoms with van der Waals surface area (Å²) in [5, 5.41) is 9.39. The number of halogens is 2. The topological polar surface area (TPSA) is 50.1 Å². The molecule has 0 aromatic carbocycles. The molecule has 5 heteroatoms. The van der Waals surface area contributed by atoms with E-state index in [2.05, 4.69) is 13.0 Å². The summed E-state index contributed by atoms with van der Waals surface area (Å²) < 4.78 is 5.26. The van der Waals surface area contributed by atoms with E-state index < -0.39 is 4.33 Å². The average Bonchev–Trinajstić information content (AvgIpc) is 3.10. The van der Waals surface area contributed by atoms with Crippen LogP contribution >= 0.6 is 23.2 Å². The molecule has 4 rings (SSSR count). The Morgan fingerprint density at radius 2 is 1.72 bits per heavy atom. The fourth-order valence-corrected chi connectivity index (χ4v) is 6.51. The van der Waals surface area contributed by atoms with Gasteiger partial charge in [0.25, 0.3) is 0 Å². The minimum Gasteiger partial charge on any atom is -0.360 e. The molecular weight excluding hydrogens is 405 g/mol. The molecule has 3 nitrogen and oxygen atoms in total. The third kappa shape index (κ3) is 5.50. The van der Waals surface area contributed by atoms with Crippen LogP contribution in [0.5, 0.6) is 0 Å². The predicted molar refractivity (Wildman–Crippen MR) is 117 cm³/mol. The van der Waals surface area contributed by atoms with Gasteiger partial charge in [-0.15, -0.1) is 23.2 Å². The minimum atomic E-state index is -0.718. The highest BCUT2D eigenvalue weighted by molar-refractivity contribution is 6.49. The van der Waals surface area contributed by atoms with Crippen molar-refractivity contribution in [2.24, 2.45) is 23.7 Å². The van der Waals surface area contributed by atoms with E-state index in [-0.39, 0.29) is 35.6 Å². The SMILES string of the molecule is [CH2]CCCCCCCCC(C#N)CCCCC(=O)[C]1OC2CC3C1CC2C3(Cl)Cl. The first-order valence-corrected chi connectivity index (χ1v) is 12.4. The van der Waals surface area contributed by atoms with Gasteiger partial charge in [-0.25, -0.2) is 0 Å². The molecule has 0 amide bonds. The van der Waals surface area contributed by atoms with Crippen molar-refractivity contribution in [3.05, 3.63) is 13.0 Å². The van der Waals surface area contributed by atoms with Crippen LogP contribution in [-0.2, 0) is 9.53 Å². The van der Waals surface area contributed by atoms with Crippen molar-refractivity contribution in [2.75, 3.05) is 0 Å². The van der Waals surface area contributed by atoms with Crippen LogP contribution < -0.4 is 0 Å². The number of nitrogens with zero attached hydrogens (tertiary/aromatic N) is 1. The summed E-state index contributed by atoms with van der Waals surface area (Å²) in [4.78, 5) is 12.7. The standard InChI is InChI=1S/C24H35Cl2NO2/c1-2-3-4-5-6-7-8-11-17(16-27)12-9-10-13-21(28)23-18-14-20-22(29-23)15-19(18)24(20,25)26/h17-20,22H,1-15H2. The molecule has 2 aliphatic carbocycles. The van der Waals surface area contributed by atoms with Gasteiger partial charge >= 0.3 is 0 Å². The van der Waals surface area contributed by atoms with E-state index in [1.54, 1.807) is 0 Å². The van der Waals surface area contributed by atoms with E-state index in [1.165, 1.54) is 32.1 Å². The van der Waals surface area contributed by atoms with Crippen LogP contribution in [0.4, 0.5) is 0 Å². The summed E-state index contributed by atoms with van der Waals surface area (Å²) in [5.41, 5.74) is 0. The van der Waals surface area contributed by atoms with Crippen LogP contribution in [0, 0.1) is 48.0 Å². The Bertz CT molecular complexity index is 588. The number of fused-ring (bicyclic) bond motifs is 1. The van der Waals surface area contributed by atoms with Gasteiger partial charge in [-0.05, 0) is 32.1 Å². The number of carbonyl (C=O) groups is 1. The predicted octanol–water partition coefficient (Wildman–Crippen LogP) is 6.97. The summed E-state index contributed by atoms with van der Waals surface area (Å²) in [6, 6.07) is 2.45. The largest absolute Gasteiger partial charge is 0.360 e.